The molecule has 12 heavy (non-hydrogen) atoms. The summed E-state index contributed by atoms with van der Waals surface area (Å²) in [6.07, 6.45) is 1.81. The van der Waals surface area contributed by atoms with E-state index in [1.165, 1.54) is 5.39 Å². The van der Waals surface area contributed by atoms with Crippen molar-refractivity contribution in [3.63, 3.8) is 0 Å². The predicted molar refractivity (Wildman–Crippen MR) is 51.1 cm³/mol. The van der Waals surface area contributed by atoms with Crippen LogP contribution in [0.1, 0.15) is 0 Å². The van der Waals surface area contributed by atoms with Crippen molar-refractivity contribution in [2.75, 3.05) is 0 Å². The fraction of sp³-hybridized carbons (Fsp3) is 0. The van der Waals surface area contributed by atoms with Gasteiger partial charge < -0.3 is 5.48 Å². The zero-order valence-corrected chi connectivity index (χ0v) is 7.72. The van der Waals surface area contributed by atoms with E-state index in [1.54, 1.807) is 0 Å². The third-order valence-corrected chi connectivity index (χ3v) is 1.51. The molecule has 0 unspecified atom stereocenters. The van der Waals surface area contributed by atoms with Gasteiger partial charge in [-0.15, -0.1) is 0 Å². The maximum Gasteiger partial charge on any atom is 0.0701 e. The number of hydrogen-bond donors (Lipinski definition) is 0. The molecule has 2 N–H and O–H groups in total. The van der Waals surface area contributed by atoms with Crippen molar-refractivity contribution in [2.45, 2.75) is 0 Å². The second-order valence-corrected chi connectivity index (χ2v) is 2.20. The van der Waals surface area contributed by atoms with Crippen LogP contribution >= 0.6 is 0 Å². The molecule has 2 nitrogen and oxygen atoms in total. The minimum Gasteiger partial charge on any atom is -0.412 e. The van der Waals surface area contributed by atoms with Crippen LogP contribution in [0.2, 0.25) is 0 Å². The van der Waals surface area contributed by atoms with Gasteiger partial charge in [-0.2, -0.15) is 0 Å². The Morgan fingerprint density at radius 2 is 1.58 bits per heavy atom. The largest absolute Gasteiger partial charge is 0.412 e. The van der Waals surface area contributed by atoms with Crippen LogP contribution in [0.25, 0.3) is 10.9 Å². The molecule has 2 aromatic rings. The molecule has 1 aromatic carbocycles. The maximum absolute atomic E-state index is 4.18. The molecule has 0 aliphatic carbocycles. The van der Waals surface area contributed by atoms with Crippen LogP contribution in [0.15, 0.2) is 42.6 Å². The van der Waals surface area contributed by atoms with Gasteiger partial charge in [-0.05, 0) is 12.1 Å². The normalized spacial score (nSPS) is 8.33. The second-order valence-electron chi connectivity index (χ2n) is 2.20. The van der Waals surface area contributed by atoms with E-state index >= 15 is 0 Å². The van der Waals surface area contributed by atoms with Crippen molar-refractivity contribution < 1.29 is 5.48 Å². The van der Waals surface area contributed by atoms with Crippen molar-refractivity contribution in [1.82, 2.24) is 4.98 Å². The van der Waals surface area contributed by atoms with E-state index in [2.05, 4.69) is 17.1 Å². The molecule has 0 saturated carbocycles. The summed E-state index contributed by atoms with van der Waals surface area (Å²) in [6, 6.07) is 12.1. The van der Waals surface area contributed by atoms with Crippen LogP contribution in [0.5, 0.6) is 0 Å². The highest BCUT2D eigenvalue weighted by Gasteiger charge is 1.86. The first-order valence-corrected chi connectivity index (χ1v) is 3.26. The van der Waals surface area contributed by atoms with Crippen LogP contribution in [0.4, 0.5) is 0 Å². The lowest BCUT2D eigenvalue weighted by Crippen LogP contribution is -1.73. The first-order valence-electron chi connectivity index (χ1n) is 3.26. The smallest absolute Gasteiger partial charge is 0.0701 e. The monoisotopic (exact) mass is 174 g/mol. The molecule has 3 radical (unpaired) electrons. The Hall–Kier alpha value is -0.878. The van der Waals surface area contributed by atoms with Gasteiger partial charge in [0.2, 0.25) is 0 Å². The number of pyridine rings is 1. The van der Waals surface area contributed by atoms with Crippen molar-refractivity contribution >= 4 is 28.3 Å². The van der Waals surface area contributed by atoms with Crippen molar-refractivity contribution in [3.05, 3.63) is 42.6 Å². The molecule has 0 bridgehead atoms. The maximum atomic E-state index is 4.18. The van der Waals surface area contributed by atoms with Gasteiger partial charge in [0.1, 0.15) is 0 Å². The van der Waals surface area contributed by atoms with Crippen LogP contribution in [0, 0.1) is 0 Å². The van der Waals surface area contributed by atoms with Gasteiger partial charge in [-0.25, -0.2) is 0 Å². The van der Waals surface area contributed by atoms with E-state index in [0.717, 1.165) is 5.52 Å². The number of fused-ring (bicyclic) bond motifs is 1. The summed E-state index contributed by atoms with van der Waals surface area (Å²) in [5.41, 5.74) is 1.06. The van der Waals surface area contributed by atoms with Gasteiger partial charge in [0.05, 0.1) is 5.52 Å². The molecule has 3 heteroatoms. The summed E-state index contributed by atoms with van der Waals surface area (Å²) in [5, 5.41) is 1.20. The summed E-state index contributed by atoms with van der Waals surface area (Å²) < 4.78 is 0. The third-order valence-electron chi connectivity index (χ3n) is 1.51. The average molecular weight is 174 g/mol. The molecule has 0 fully saturated rings. The molecule has 1 aromatic heterocycles. The Kier molecular flexibility index (Phi) is 4.53. The summed E-state index contributed by atoms with van der Waals surface area (Å²) in [5.74, 6) is 0. The van der Waals surface area contributed by atoms with Gasteiger partial charge in [0.15, 0.2) is 0 Å². The molecule has 0 spiro atoms. The molecule has 59 valence electrons. The number of para-hydroxylation sites is 1. The lowest BCUT2D eigenvalue weighted by atomic mass is 10.2. The molecule has 0 aliphatic rings. The van der Waals surface area contributed by atoms with Crippen LogP contribution < -0.4 is 0 Å². The fourth-order valence-electron chi connectivity index (χ4n) is 1.02. The molecule has 0 aliphatic heterocycles. The minimum absolute atomic E-state index is 0. The standard InChI is InChI=1S/C9H7N.Al.H2O/c1-2-6-9-8(4-1)5-3-7-10-9;;/h1-7H;;1H2. The minimum atomic E-state index is 0. The third kappa shape index (κ3) is 2.05. The Balaban J connectivity index is 0.000000605. The Labute approximate surface area is 81.7 Å². The molecular formula is C9H9AlNO. The SMILES string of the molecule is O.[Al].c1ccc2ncccc2c1. The quantitative estimate of drug-likeness (QED) is 0.550. The number of nitrogens with zero attached hydrogens (tertiary/aromatic N) is 1. The number of rotatable bonds is 0. The molecule has 0 amide bonds. The van der Waals surface area contributed by atoms with Crippen LogP contribution in [-0.4, -0.2) is 27.8 Å². The summed E-state index contributed by atoms with van der Waals surface area (Å²) in [6.45, 7) is 0. The molecule has 0 saturated heterocycles. The molecular weight excluding hydrogens is 165 g/mol. The van der Waals surface area contributed by atoms with Crippen molar-refractivity contribution in [1.29, 1.82) is 0 Å². The van der Waals surface area contributed by atoms with Crippen LogP contribution in [0.3, 0.4) is 0 Å². The van der Waals surface area contributed by atoms with E-state index in [4.69, 9.17) is 0 Å². The first kappa shape index (κ1) is 11.1. The van der Waals surface area contributed by atoms with E-state index in [9.17, 15) is 0 Å². The van der Waals surface area contributed by atoms with Gasteiger partial charge in [0.25, 0.3) is 0 Å². The highest BCUT2D eigenvalue weighted by atomic mass is 27.0. The Morgan fingerprint density at radius 3 is 2.33 bits per heavy atom. The van der Waals surface area contributed by atoms with Gasteiger partial charge >= 0.3 is 0 Å². The Bertz CT molecular complexity index is 286. The van der Waals surface area contributed by atoms with E-state index < -0.39 is 0 Å². The van der Waals surface area contributed by atoms with Crippen molar-refractivity contribution in [3.8, 4) is 0 Å². The fourth-order valence-corrected chi connectivity index (χ4v) is 1.02. The molecule has 2 rings (SSSR count). The van der Waals surface area contributed by atoms with E-state index in [-0.39, 0.29) is 22.8 Å². The van der Waals surface area contributed by atoms with Gasteiger partial charge in [-0.3, -0.25) is 4.98 Å². The van der Waals surface area contributed by atoms with Gasteiger partial charge in [-0.1, -0.05) is 24.3 Å². The topological polar surface area (TPSA) is 44.4 Å². The first-order chi connectivity index (χ1) is 4.97. The second kappa shape index (κ2) is 4.89. The van der Waals surface area contributed by atoms with E-state index in [0.29, 0.717) is 0 Å². The number of aromatic nitrogens is 1. The number of hydrogen-bond acceptors (Lipinski definition) is 1. The Morgan fingerprint density at radius 1 is 0.917 bits per heavy atom. The van der Waals surface area contributed by atoms with Crippen molar-refractivity contribution in [2.24, 2.45) is 0 Å². The lowest BCUT2D eigenvalue weighted by Gasteiger charge is -1.91. The summed E-state index contributed by atoms with van der Waals surface area (Å²) >= 11 is 0. The summed E-state index contributed by atoms with van der Waals surface area (Å²) in [4.78, 5) is 4.18. The predicted octanol–water partition coefficient (Wildman–Crippen LogP) is 1.03. The zero-order chi connectivity index (χ0) is 6.81. The average Bonchev–Trinajstić information content (AvgIpc) is 2.05. The summed E-state index contributed by atoms with van der Waals surface area (Å²) in [7, 11) is 0. The number of benzene rings is 1. The molecule has 0 atom stereocenters. The van der Waals surface area contributed by atoms with Crippen LogP contribution in [-0.2, 0) is 0 Å². The zero-order valence-electron chi connectivity index (χ0n) is 6.57. The van der Waals surface area contributed by atoms with E-state index in [1.807, 2.05) is 30.5 Å². The molecule has 1 heterocycles. The highest BCUT2D eigenvalue weighted by Crippen LogP contribution is 2.07. The lowest BCUT2D eigenvalue weighted by molar-refractivity contribution is 0.824. The van der Waals surface area contributed by atoms with Gasteiger partial charge in [0, 0.05) is 28.9 Å². The highest BCUT2D eigenvalue weighted by molar-refractivity contribution is 5.77.